The number of aromatic nitrogens is 3. The summed E-state index contributed by atoms with van der Waals surface area (Å²) in [5.41, 5.74) is 0.558. The molecule has 0 aliphatic carbocycles. The van der Waals surface area contributed by atoms with Crippen LogP contribution in [0.15, 0.2) is 17.7 Å². The summed E-state index contributed by atoms with van der Waals surface area (Å²) < 4.78 is 12.6. The fraction of sp³-hybridized carbons (Fsp3) is 0.667. The summed E-state index contributed by atoms with van der Waals surface area (Å²) in [5, 5.41) is 16.9. The zero-order valence-electron chi connectivity index (χ0n) is 13.3. The van der Waals surface area contributed by atoms with Crippen molar-refractivity contribution in [3.05, 3.63) is 23.4 Å². The van der Waals surface area contributed by atoms with Gasteiger partial charge >= 0.3 is 0 Å². The molecule has 126 valence electrons. The van der Waals surface area contributed by atoms with Crippen molar-refractivity contribution in [1.29, 1.82) is 0 Å². The highest BCUT2D eigenvalue weighted by molar-refractivity contribution is 5.92. The number of hydrogen-bond acceptors (Lipinski definition) is 6. The predicted octanol–water partition coefficient (Wildman–Crippen LogP) is 0.287. The summed E-state index contributed by atoms with van der Waals surface area (Å²) in [6.07, 6.45) is 3.73. The van der Waals surface area contributed by atoms with Gasteiger partial charge in [-0.05, 0) is 25.7 Å². The van der Waals surface area contributed by atoms with Gasteiger partial charge in [-0.15, -0.1) is 5.10 Å². The second kappa shape index (κ2) is 6.99. The molecular weight excluding hydrogens is 300 g/mol. The molecule has 1 aromatic heterocycles. The van der Waals surface area contributed by atoms with E-state index in [1.165, 1.54) is 0 Å². The lowest BCUT2D eigenvalue weighted by Gasteiger charge is -2.33. The number of carbonyl (C=O) groups is 1. The number of amides is 1. The van der Waals surface area contributed by atoms with Crippen LogP contribution in [-0.4, -0.2) is 57.2 Å². The summed E-state index contributed by atoms with van der Waals surface area (Å²) in [6, 6.07) is 0. The van der Waals surface area contributed by atoms with Crippen LogP contribution in [0.4, 0.5) is 0 Å². The molecule has 2 aliphatic heterocycles. The molecule has 1 atom stereocenters. The van der Waals surface area contributed by atoms with Gasteiger partial charge in [0.25, 0.3) is 5.91 Å². The number of piperidine rings is 1. The van der Waals surface area contributed by atoms with Gasteiger partial charge in [0, 0.05) is 19.6 Å². The van der Waals surface area contributed by atoms with Gasteiger partial charge in [-0.1, -0.05) is 5.21 Å². The Labute approximate surface area is 134 Å². The molecule has 3 heterocycles. The number of likely N-dealkylation sites (tertiary alicyclic amines) is 1. The van der Waals surface area contributed by atoms with E-state index in [1.54, 1.807) is 17.8 Å². The lowest BCUT2D eigenvalue weighted by atomic mass is 9.98. The maximum absolute atomic E-state index is 12.6. The topological polar surface area (TPSA) is 89.7 Å². The number of aliphatic hydroxyl groups is 1. The smallest absolute Gasteiger partial charge is 0.292 e. The normalized spacial score (nSPS) is 21.8. The zero-order chi connectivity index (χ0) is 16.2. The molecular formula is C15H22N4O4. The number of rotatable bonds is 4. The number of nitrogens with zero attached hydrogens (tertiary/aromatic N) is 4. The largest absolute Gasteiger partial charge is 0.491 e. The maximum atomic E-state index is 12.6. The van der Waals surface area contributed by atoms with Crippen molar-refractivity contribution in [2.24, 2.45) is 5.92 Å². The summed E-state index contributed by atoms with van der Waals surface area (Å²) in [5.74, 6) is 1.11. The molecule has 8 nitrogen and oxygen atoms in total. The van der Waals surface area contributed by atoms with Crippen LogP contribution in [0.2, 0.25) is 0 Å². The highest BCUT2D eigenvalue weighted by Crippen LogP contribution is 2.22. The molecule has 8 heteroatoms. The first kappa shape index (κ1) is 15.8. The van der Waals surface area contributed by atoms with Gasteiger partial charge in [-0.25, -0.2) is 0 Å². The van der Waals surface area contributed by atoms with Gasteiger partial charge in [0.1, 0.15) is 24.7 Å². The van der Waals surface area contributed by atoms with E-state index in [0.29, 0.717) is 49.4 Å². The quantitative estimate of drug-likeness (QED) is 0.857. The van der Waals surface area contributed by atoms with Crippen LogP contribution < -0.4 is 0 Å². The van der Waals surface area contributed by atoms with E-state index in [1.807, 2.05) is 4.90 Å². The van der Waals surface area contributed by atoms with Crippen molar-refractivity contribution in [3.63, 3.8) is 0 Å². The van der Waals surface area contributed by atoms with E-state index in [0.717, 1.165) is 19.4 Å². The van der Waals surface area contributed by atoms with Gasteiger partial charge in [0.2, 0.25) is 5.76 Å². The minimum absolute atomic E-state index is 0.0958. The summed E-state index contributed by atoms with van der Waals surface area (Å²) in [6.45, 7) is 4.64. The first-order chi connectivity index (χ1) is 11.2. The van der Waals surface area contributed by atoms with Crippen molar-refractivity contribution in [3.8, 4) is 0 Å². The Balaban J connectivity index is 1.62. The Kier molecular flexibility index (Phi) is 4.80. The van der Waals surface area contributed by atoms with Gasteiger partial charge in [0.05, 0.1) is 12.8 Å². The third-order valence-electron chi connectivity index (χ3n) is 4.16. The van der Waals surface area contributed by atoms with Crippen LogP contribution in [0.3, 0.4) is 0 Å². The van der Waals surface area contributed by atoms with Gasteiger partial charge in [-0.3, -0.25) is 9.48 Å². The summed E-state index contributed by atoms with van der Waals surface area (Å²) in [4.78, 5) is 14.4. The summed E-state index contributed by atoms with van der Waals surface area (Å²) in [7, 11) is 0. The monoisotopic (exact) mass is 322 g/mol. The zero-order valence-corrected chi connectivity index (χ0v) is 13.3. The van der Waals surface area contributed by atoms with E-state index >= 15 is 0 Å². The number of hydrogen-bond donors (Lipinski definition) is 1. The first-order valence-corrected chi connectivity index (χ1v) is 7.93. The highest BCUT2D eigenvalue weighted by Gasteiger charge is 2.29. The van der Waals surface area contributed by atoms with E-state index in [9.17, 15) is 4.79 Å². The fourth-order valence-electron chi connectivity index (χ4n) is 3.02. The Morgan fingerprint density at radius 2 is 2.26 bits per heavy atom. The maximum Gasteiger partial charge on any atom is 0.292 e. The Morgan fingerprint density at radius 1 is 1.43 bits per heavy atom. The second-order valence-electron chi connectivity index (χ2n) is 5.93. The van der Waals surface area contributed by atoms with Gasteiger partial charge < -0.3 is 19.5 Å². The van der Waals surface area contributed by atoms with E-state index in [4.69, 9.17) is 14.6 Å². The van der Waals surface area contributed by atoms with Crippen LogP contribution in [0.25, 0.3) is 0 Å². The SMILES string of the molecule is CC1=C(C(=O)N2CCC[C@@H](Cn3cc(CO)nn3)C2)OCCO1. The average molecular weight is 322 g/mol. The second-order valence-corrected chi connectivity index (χ2v) is 5.93. The lowest BCUT2D eigenvalue weighted by Crippen LogP contribution is -2.43. The standard InChI is InChI=1S/C15H22N4O4/c1-11-14(23-6-5-22-11)15(21)18-4-2-3-12(7-18)8-19-9-13(10-20)16-17-19/h9,12,20H,2-8,10H2,1H3/t12-/m1/s1. The van der Waals surface area contributed by atoms with Gasteiger partial charge in [-0.2, -0.15) is 0 Å². The minimum Gasteiger partial charge on any atom is -0.491 e. The van der Waals surface area contributed by atoms with Crippen LogP contribution in [0.1, 0.15) is 25.5 Å². The fourth-order valence-corrected chi connectivity index (χ4v) is 3.02. The predicted molar refractivity (Wildman–Crippen MR) is 79.9 cm³/mol. The molecule has 23 heavy (non-hydrogen) atoms. The number of ether oxygens (including phenoxy) is 2. The van der Waals surface area contributed by atoms with E-state index < -0.39 is 0 Å². The summed E-state index contributed by atoms with van der Waals surface area (Å²) >= 11 is 0. The van der Waals surface area contributed by atoms with Crippen molar-refractivity contribution in [2.45, 2.75) is 32.9 Å². The third kappa shape index (κ3) is 3.64. The van der Waals surface area contributed by atoms with Crippen LogP contribution >= 0.6 is 0 Å². The molecule has 1 fully saturated rings. The molecule has 1 amide bonds. The molecule has 1 N–H and O–H groups in total. The third-order valence-corrected chi connectivity index (χ3v) is 4.16. The molecule has 0 spiro atoms. The molecule has 1 aromatic rings. The van der Waals surface area contributed by atoms with Crippen LogP contribution in [-0.2, 0) is 27.4 Å². The van der Waals surface area contributed by atoms with Crippen molar-refractivity contribution in [2.75, 3.05) is 26.3 Å². The van der Waals surface area contributed by atoms with Crippen molar-refractivity contribution in [1.82, 2.24) is 19.9 Å². The van der Waals surface area contributed by atoms with Gasteiger partial charge in [0.15, 0.2) is 0 Å². The number of carbonyl (C=O) groups excluding carboxylic acids is 1. The van der Waals surface area contributed by atoms with Crippen molar-refractivity contribution < 1.29 is 19.4 Å². The van der Waals surface area contributed by atoms with E-state index in [2.05, 4.69) is 10.3 Å². The molecule has 0 radical (unpaired) electrons. The van der Waals surface area contributed by atoms with E-state index in [-0.39, 0.29) is 12.5 Å². The minimum atomic E-state index is -0.111. The number of aliphatic hydroxyl groups excluding tert-OH is 1. The molecule has 1 saturated heterocycles. The molecule has 0 saturated carbocycles. The molecule has 0 aromatic carbocycles. The lowest BCUT2D eigenvalue weighted by molar-refractivity contribution is -0.134. The molecule has 2 aliphatic rings. The number of allylic oxidation sites excluding steroid dienone is 1. The Morgan fingerprint density at radius 3 is 3.00 bits per heavy atom. The first-order valence-electron chi connectivity index (χ1n) is 7.93. The highest BCUT2D eigenvalue weighted by atomic mass is 16.6. The van der Waals surface area contributed by atoms with Crippen LogP contribution in [0, 0.1) is 5.92 Å². The average Bonchev–Trinajstić information content (AvgIpc) is 3.02. The Bertz CT molecular complexity index is 598. The van der Waals surface area contributed by atoms with Crippen LogP contribution in [0.5, 0.6) is 0 Å². The molecule has 0 bridgehead atoms. The van der Waals surface area contributed by atoms with Crippen molar-refractivity contribution >= 4 is 5.91 Å². The molecule has 0 unspecified atom stereocenters. The molecule has 3 rings (SSSR count). The Hall–Kier alpha value is -2.09.